The van der Waals surface area contributed by atoms with Crippen LogP contribution < -0.4 is 10.6 Å². The van der Waals surface area contributed by atoms with Crippen molar-refractivity contribution in [3.63, 3.8) is 0 Å². The van der Waals surface area contributed by atoms with E-state index in [4.69, 9.17) is 17.3 Å². The van der Waals surface area contributed by atoms with E-state index in [1.165, 1.54) is 10.6 Å². The van der Waals surface area contributed by atoms with Crippen LogP contribution in [0.5, 0.6) is 0 Å². The van der Waals surface area contributed by atoms with E-state index >= 15 is 0 Å². The third-order valence-corrected chi connectivity index (χ3v) is 4.63. The molecule has 1 aromatic rings. The highest BCUT2D eigenvalue weighted by atomic mass is 35.5. The Morgan fingerprint density at radius 1 is 1.22 bits per heavy atom. The molecule has 1 aliphatic heterocycles. The maximum atomic E-state index is 11.4. The Balaban J connectivity index is 2.10. The molecule has 1 aliphatic rings. The van der Waals surface area contributed by atoms with Crippen LogP contribution in [-0.2, 0) is 10.0 Å². The molecule has 7 heteroatoms. The van der Waals surface area contributed by atoms with Gasteiger partial charge in [-0.25, -0.2) is 8.42 Å². The van der Waals surface area contributed by atoms with E-state index in [0.717, 1.165) is 5.69 Å². The van der Waals surface area contributed by atoms with Crippen molar-refractivity contribution in [2.45, 2.75) is 0 Å². The third kappa shape index (κ3) is 2.88. The molecule has 1 aromatic carbocycles. The fourth-order valence-corrected chi connectivity index (χ4v) is 3.18. The molecule has 2 N–H and O–H groups in total. The molecule has 0 atom stereocenters. The lowest BCUT2D eigenvalue weighted by Gasteiger charge is -2.35. The summed E-state index contributed by atoms with van der Waals surface area (Å²) < 4.78 is 24.3. The van der Waals surface area contributed by atoms with Crippen LogP contribution in [-0.4, -0.2) is 45.2 Å². The lowest BCUT2D eigenvalue weighted by atomic mass is 10.2. The highest BCUT2D eigenvalue weighted by Gasteiger charge is 2.24. The standard InChI is InChI=1S/C11H16ClN3O2S/c1-18(16,17)15-6-4-14(5-7-15)11-3-2-9(13)8-10(11)12/h2-3,8H,4-7,13H2,1H3. The minimum atomic E-state index is -3.09. The van der Waals surface area contributed by atoms with E-state index in [1.54, 1.807) is 12.1 Å². The van der Waals surface area contributed by atoms with Crippen LogP contribution in [0.3, 0.4) is 0 Å². The minimum absolute atomic E-state index is 0.486. The Kier molecular flexibility index (Phi) is 3.70. The highest BCUT2D eigenvalue weighted by molar-refractivity contribution is 7.88. The fraction of sp³-hybridized carbons (Fsp3) is 0.455. The first kappa shape index (κ1) is 13.5. The van der Waals surface area contributed by atoms with Crippen molar-refractivity contribution in [2.24, 2.45) is 0 Å². The molecule has 1 saturated heterocycles. The van der Waals surface area contributed by atoms with Crippen LogP contribution in [0.2, 0.25) is 5.02 Å². The number of halogens is 1. The summed E-state index contributed by atoms with van der Waals surface area (Å²) in [5.41, 5.74) is 7.17. The van der Waals surface area contributed by atoms with Gasteiger partial charge in [-0.05, 0) is 18.2 Å². The molecule has 0 radical (unpaired) electrons. The van der Waals surface area contributed by atoms with Crippen molar-refractivity contribution < 1.29 is 8.42 Å². The van der Waals surface area contributed by atoms with E-state index in [1.807, 2.05) is 6.07 Å². The summed E-state index contributed by atoms with van der Waals surface area (Å²) >= 11 is 6.14. The van der Waals surface area contributed by atoms with E-state index in [2.05, 4.69) is 4.90 Å². The molecular weight excluding hydrogens is 274 g/mol. The van der Waals surface area contributed by atoms with Gasteiger partial charge >= 0.3 is 0 Å². The molecular formula is C11H16ClN3O2S. The van der Waals surface area contributed by atoms with Crippen molar-refractivity contribution >= 4 is 33.0 Å². The van der Waals surface area contributed by atoms with E-state index in [-0.39, 0.29) is 0 Å². The second kappa shape index (κ2) is 4.95. The van der Waals surface area contributed by atoms with Gasteiger partial charge in [-0.2, -0.15) is 4.31 Å². The Morgan fingerprint density at radius 2 is 1.83 bits per heavy atom. The first-order valence-corrected chi connectivity index (χ1v) is 7.85. The summed E-state index contributed by atoms with van der Waals surface area (Å²) in [5.74, 6) is 0. The molecule has 100 valence electrons. The third-order valence-electron chi connectivity index (χ3n) is 3.02. The second-order valence-electron chi connectivity index (χ2n) is 4.36. The number of hydrogen-bond donors (Lipinski definition) is 1. The Hall–Kier alpha value is -0.980. The molecule has 0 spiro atoms. The zero-order valence-corrected chi connectivity index (χ0v) is 11.7. The Labute approximate surface area is 112 Å². The largest absolute Gasteiger partial charge is 0.399 e. The van der Waals surface area contributed by atoms with Gasteiger partial charge < -0.3 is 10.6 Å². The van der Waals surface area contributed by atoms with E-state index in [9.17, 15) is 8.42 Å². The number of nitrogens with zero attached hydrogens (tertiary/aromatic N) is 2. The normalized spacial score (nSPS) is 18.0. The predicted molar refractivity (Wildman–Crippen MR) is 74.5 cm³/mol. The van der Waals surface area contributed by atoms with E-state index < -0.39 is 10.0 Å². The Morgan fingerprint density at radius 3 is 2.33 bits per heavy atom. The van der Waals surface area contributed by atoms with Crippen molar-refractivity contribution in [1.29, 1.82) is 0 Å². The molecule has 0 bridgehead atoms. The zero-order chi connectivity index (χ0) is 13.3. The number of benzene rings is 1. The van der Waals surface area contributed by atoms with Crippen molar-refractivity contribution in [1.82, 2.24) is 4.31 Å². The van der Waals surface area contributed by atoms with E-state index in [0.29, 0.717) is 36.9 Å². The number of hydrogen-bond acceptors (Lipinski definition) is 4. The molecule has 0 aliphatic carbocycles. The maximum Gasteiger partial charge on any atom is 0.211 e. The smallest absolute Gasteiger partial charge is 0.211 e. The van der Waals surface area contributed by atoms with Gasteiger partial charge in [0, 0.05) is 31.9 Å². The molecule has 5 nitrogen and oxygen atoms in total. The highest BCUT2D eigenvalue weighted by Crippen LogP contribution is 2.28. The topological polar surface area (TPSA) is 66.6 Å². The Bertz CT molecular complexity index is 539. The number of sulfonamides is 1. The number of rotatable bonds is 2. The van der Waals surface area contributed by atoms with Crippen molar-refractivity contribution in [3.05, 3.63) is 23.2 Å². The fourth-order valence-electron chi connectivity index (χ4n) is 2.04. The van der Waals surface area contributed by atoms with Gasteiger partial charge in [0.2, 0.25) is 10.0 Å². The minimum Gasteiger partial charge on any atom is -0.399 e. The number of nitrogens with two attached hydrogens (primary N) is 1. The SMILES string of the molecule is CS(=O)(=O)N1CCN(c2ccc(N)cc2Cl)CC1. The van der Waals surface area contributed by atoms with Crippen LogP contribution in [0.4, 0.5) is 11.4 Å². The average molecular weight is 290 g/mol. The predicted octanol–water partition coefficient (Wildman–Crippen LogP) is 1.00. The van der Waals surface area contributed by atoms with Gasteiger partial charge in [0.25, 0.3) is 0 Å². The monoisotopic (exact) mass is 289 g/mol. The summed E-state index contributed by atoms with van der Waals surface area (Å²) in [4.78, 5) is 2.07. The van der Waals surface area contributed by atoms with Gasteiger partial charge in [0.05, 0.1) is 17.0 Å². The molecule has 18 heavy (non-hydrogen) atoms. The van der Waals surface area contributed by atoms with Gasteiger partial charge in [-0.3, -0.25) is 0 Å². The van der Waals surface area contributed by atoms with Crippen LogP contribution in [0, 0.1) is 0 Å². The first-order valence-electron chi connectivity index (χ1n) is 5.63. The lowest BCUT2D eigenvalue weighted by molar-refractivity contribution is 0.388. The molecule has 0 unspecified atom stereocenters. The second-order valence-corrected chi connectivity index (χ2v) is 6.75. The molecule has 2 rings (SSSR count). The van der Waals surface area contributed by atoms with Crippen LogP contribution in [0.1, 0.15) is 0 Å². The van der Waals surface area contributed by atoms with Crippen molar-refractivity contribution in [2.75, 3.05) is 43.1 Å². The number of piperazine rings is 1. The first-order chi connectivity index (χ1) is 8.38. The molecule has 0 aromatic heterocycles. The number of nitrogen functional groups attached to an aromatic ring is 1. The summed E-state index contributed by atoms with van der Waals surface area (Å²) in [7, 11) is -3.09. The molecule has 1 heterocycles. The maximum absolute atomic E-state index is 11.4. The zero-order valence-electron chi connectivity index (χ0n) is 10.1. The summed E-state index contributed by atoms with van der Waals surface area (Å²) in [5, 5.41) is 0.600. The quantitative estimate of drug-likeness (QED) is 0.825. The number of anilines is 2. The molecule has 1 fully saturated rings. The van der Waals surface area contributed by atoms with Crippen LogP contribution >= 0.6 is 11.6 Å². The molecule has 0 amide bonds. The summed E-state index contributed by atoms with van der Waals surface area (Å²) in [6.45, 7) is 2.24. The van der Waals surface area contributed by atoms with Crippen LogP contribution in [0.25, 0.3) is 0 Å². The average Bonchev–Trinajstić information content (AvgIpc) is 2.28. The van der Waals surface area contributed by atoms with Gasteiger partial charge in [0.1, 0.15) is 0 Å². The van der Waals surface area contributed by atoms with Gasteiger partial charge in [-0.1, -0.05) is 11.6 Å². The van der Waals surface area contributed by atoms with Crippen molar-refractivity contribution in [3.8, 4) is 0 Å². The van der Waals surface area contributed by atoms with Gasteiger partial charge in [-0.15, -0.1) is 0 Å². The molecule has 0 saturated carbocycles. The van der Waals surface area contributed by atoms with Gasteiger partial charge in [0.15, 0.2) is 0 Å². The summed E-state index contributed by atoms with van der Waals surface area (Å²) in [6, 6.07) is 5.37. The lowest BCUT2D eigenvalue weighted by Crippen LogP contribution is -2.48. The summed E-state index contributed by atoms with van der Waals surface area (Å²) in [6.07, 6.45) is 1.23. The van der Waals surface area contributed by atoms with Crippen LogP contribution in [0.15, 0.2) is 18.2 Å².